The highest BCUT2D eigenvalue weighted by Crippen LogP contribution is 2.29. The molecule has 1 aromatic carbocycles. The molecule has 4 nitrogen and oxygen atoms in total. The lowest BCUT2D eigenvalue weighted by Gasteiger charge is -2.32. The van der Waals surface area contributed by atoms with Gasteiger partial charge in [-0.1, -0.05) is 32.9 Å². The van der Waals surface area contributed by atoms with Crippen LogP contribution in [0.1, 0.15) is 44.3 Å². The Hall–Kier alpha value is -1.59. The molecular formula is C19H27N3OS. The standard InChI is InChI=1S/C19H27N3OS/c1-19(2,3)17-13-24-18(21-17)12-20-15-6-4-5-7-16(15)22-10-8-14(23)9-11-22/h4-7,13-14,20,23H,8-12H2,1-3H3. The van der Waals surface area contributed by atoms with Crippen molar-refractivity contribution >= 4 is 22.7 Å². The van der Waals surface area contributed by atoms with E-state index in [2.05, 4.69) is 60.6 Å². The Morgan fingerprint density at radius 2 is 1.96 bits per heavy atom. The molecule has 1 fully saturated rings. The molecule has 1 aromatic heterocycles. The summed E-state index contributed by atoms with van der Waals surface area (Å²) in [6.07, 6.45) is 1.54. The van der Waals surface area contributed by atoms with Gasteiger partial charge in [0.25, 0.3) is 0 Å². The summed E-state index contributed by atoms with van der Waals surface area (Å²) in [5.74, 6) is 0. The number of para-hydroxylation sites is 2. The van der Waals surface area contributed by atoms with E-state index in [9.17, 15) is 5.11 Å². The Balaban J connectivity index is 1.68. The van der Waals surface area contributed by atoms with Crippen molar-refractivity contribution in [1.82, 2.24) is 4.98 Å². The van der Waals surface area contributed by atoms with Crippen LogP contribution in [-0.2, 0) is 12.0 Å². The van der Waals surface area contributed by atoms with Gasteiger partial charge in [0.05, 0.1) is 29.7 Å². The number of nitrogens with one attached hydrogen (secondary N) is 1. The Morgan fingerprint density at radius 1 is 1.25 bits per heavy atom. The Bertz CT molecular complexity index is 669. The number of thiazole rings is 1. The molecule has 0 amide bonds. The number of anilines is 2. The third kappa shape index (κ3) is 4.08. The van der Waals surface area contributed by atoms with Gasteiger partial charge in [0.1, 0.15) is 5.01 Å². The van der Waals surface area contributed by atoms with Crippen molar-refractivity contribution in [2.45, 2.75) is 51.7 Å². The number of benzene rings is 1. The number of aromatic nitrogens is 1. The lowest BCUT2D eigenvalue weighted by atomic mass is 9.93. The average molecular weight is 346 g/mol. The molecule has 3 rings (SSSR count). The summed E-state index contributed by atoms with van der Waals surface area (Å²) in [6.45, 7) is 9.14. The van der Waals surface area contributed by atoms with Crippen molar-refractivity contribution in [2.24, 2.45) is 0 Å². The van der Waals surface area contributed by atoms with Gasteiger partial charge in [-0.2, -0.15) is 0 Å². The van der Waals surface area contributed by atoms with E-state index in [1.54, 1.807) is 11.3 Å². The lowest BCUT2D eigenvalue weighted by Crippen LogP contribution is -2.36. The van der Waals surface area contributed by atoms with Crippen molar-refractivity contribution in [3.8, 4) is 0 Å². The van der Waals surface area contributed by atoms with Crippen LogP contribution in [0.3, 0.4) is 0 Å². The second-order valence-electron chi connectivity index (χ2n) is 7.47. The van der Waals surface area contributed by atoms with Gasteiger partial charge in [-0.05, 0) is 25.0 Å². The normalized spacial score (nSPS) is 16.4. The van der Waals surface area contributed by atoms with Crippen LogP contribution >= 0.6 is 11.3 Å². The van der Waals surface area contributed by atoms with Crippen LogP contribution in [0.5, 0.6) is 0 Å². The van der Waals surface area contributed by atoms with Crippen molar-refractivity contribution in [3.05, 3.63) is 40.3 Å². The summed E-state index contributed by atoms with van der Waals surface area (Å²) < 4.78 is 0. The first kappa shape index (κ1) is 17.2. The Kier molecular flexibility index (Phi) is 5.11. The van der Waals surface area contributed by atoms with Gasteiger partial charge in [0.2, 0.25) is 0 Å². The molecule has 0 saturated carbocycles. The summed E-state index contributed by atoms with van der Waals surface area (Å²) in [6, 6.07) is 8.42. The predicted octanol–water partition coefficient (Wildman–Crippen LogP) is 4.01. The van der Waals surface area contributed by atoms with E-state index in [-0.39, 0.29) is 11.5 Å². The zero-order chi connectivity index (χ0) is 17.2. The molecule has 2 N–H and O–H groups in total. The van der Waals surface area contributed by atoms with E-state index in [0.717, 1.165) is 48.9 Å². The van der Waals surface area contributed by atoms with E-state index in [0.29, 0.717) is 0 Å². The first-order chi connectivity index (χ1) is 11.4. The number of rotatable bonds is 4. The fourth-order valence-corrected chi connectivity index (χ4v) is 3.87. The van der Waals surface area contributed by atoms with Gasteiger partial charge in [0, 0.05) is 23.9 Å². The summed E-state index contributed by atoms with van der Waals surface area (Å²) in [4.78, 5) is 7.12. The molecule has 2 aromatic rings. The maximum atomic E-state index is 9.71. The minimum absolute atomic E-state index is 0.0985. The molecule has 2 heterocycles. The molecule has 5 heteroatoms. The lowest BCUT2D eigenvalue weighted by molar-refractivity contribution is 0.145. The van der Waals surface area contributed by atoms with Crippen molar-refractivity contribution in [2.75, 3.05) is 23.3 Å². The predicted molar refractivity (Wildman–Crippen MR) is 102 cm³/mol. The number of aliphatic hydroxyl groups is 1. The molecule has 0 aliphatic carbocycles. The number of piperidine rings is 1. The second-order valence-corrected chi connectivity index (χ2v) is 8.41. The number of hydrogen-bond donors (Lipinski definition) is 2. The summed E-state index contributed by atoms with van der Waals surface area (Å²) in [7, 11) is 0. The number of nitrogens with zero attached hydrogens (tertiary/aromatic N) is 2. The van der Waals surface area contributed by atoms with Gasteiger partial charge < -0.3 is 15.3 Å². The van der Waals surface area contributed by atoms with E-state index in [4.69, 9.17) is 4.98 Å². The Morgan fingerprint density at radius 3 is 2.62 bits per heavy atom. The highest BCUT2D eigenvalue weighted by molar-refractivity contribution is 7.09. The summed E-state index contributed by atoms with van der Waals surface area (Å²) >= 11 is 1.72. The topological polar surface area (TPSA) is 48.4 Å². The van der Waals surface area contributed by atoms with Crippen LogP contribution < -0.4 is 10.2 Å². The first-order valence-electron chi connectivity index (χ1n) is 8.64. The van der Waals surface area contributed by atoms with Crippen molar-refractivity contribution in [1.29, 1.82) is 0 Å². The monoisotopic (exact) mass is 345 g/mol. The number of hydrogen-bond acceptors (Lipinski definition) is 5. The van der Waals surface area contributed by atoms with E-state index < -0.39 is 0 Å². The molecule has 0 spiro atoms. The smallest absolute Gasteiger partial charge is 0.112 e. The molecule has 1 saturated heterocycles. The average Bonchev–Trinajstić information content (AvgIpc) is 3.03. The summed E-state index contributed by atoms with van der Waals surface area (Å²) in [5.41, 5.74) is 3.61. The minimum Gasteiger partial charge on any atom is -0.393 e. The summed E-state index contributed by atoms with van der Waals surface area (Å²) in [5, 5.41) is 16.5. The molecule has 130 valence electrons. The zero-order valence-electron chi connectivity index (χ0n) is 14.7. The largest absolute Gasteiger partial charge is 0.393 e. The molecule has 1 aliphatic rings. The van der Waals surface area contributed by atoms with Gasteiger partial charge in [-0.25, -0.2) is 4.98 Å². The maximum Gasteiger partial charge on any atom is 0.112 e. The SMILES string of the molecule is CC(C)(C)c1csc(CNc2ccccc2N2CCC(O)CC2)n1. The highest BCUT2D eigenvalue weighted by Gasteiger charge is 2.20. The van der Waals surface area contributed by atoms with Gasteiger partial charge in [0.15, 0.2) is 0 Å². The van der Waals surface area contributed by atoms with Gasteiger partial charge in [-0.15, -0.1) is 11.3 Å². The molecule has 0 unspecified atom stereocenters. The minimum atomic E-state index is -0.146. The first-order valence-corrected chi connectivity index (χ1v) is 9.52. The van der Waals surface area contributed by atoms with Crippen LogP contribution in [-0.4, -0.2) is 29.3 Å². The van der Waals surface area contributed by atoms with E-state index >= 15 is 0 Å². The van der Waals surface area contributed by atoms with Crippen LogP contribution in [0.25, 0.3) is 0 Å². The molecule has 0 atom stereocenters. The fraction of sp³-hybridized carbons (Fsp3) is 0.526. The van der Waals surface area contributed by atoms with Gasteiger partial charge >= 0.3 is 0 Å². The Labute approximate surface area is 148 Å². The maximum absolute atomic E-state index is 9.71. The van der Waals surface area contributed by atoms with Crippen molar-refractivity contribution < 1.29 is 5.11 Å². The molecule has 0 radical (unpaired) electrons. The van der Waals surface area contributed by atoms with Crippen LogP contribution in [0.15, 0.2) is 29.6 Å². The third-order valence-corrected chi connectivity index (χ3v) is 5.31. The van der Waals surface area contributed by atoms with Gasteiger partial charge in [-0.3, -0.25) is 0 Å². The number of aliphatic hydroxyl groups excluding tert-OH is 1. The molecule has 24 heavy (non-hydrogen) atoms. The zero-order valence-corrected chi connectivity index (χ0v) is 15.6. The molecule has 1 aliphatic heterocycles. The fourth-order valence-electron chi connectivity index (χ4n) is 2.91. The van der Waals surface area contributed by atoms with Crippen LogP contribution in [0.4, 0.5) is 11.4 Å². The quantitative estimate of drug-likeness (QED) is 0.879. The van der Waals surface area contributed by atoms with E-state index in [1.807, 2.05) is 0 Å². The highest BCUT2D eigenvalue weighted by atomic mass is 32.1. The third-order valence-electron chi connectivity index (χ3n) is 4.46. The van der Waals surface area contributed by atoms with E-state index in [1.165, 1.54) is 5.69 Å². The second kappa shape index (κ2) is 7.11. The van der Waals surface area contributed by atoms with Crippen LogP contribution in [0.2, 0.25) is 0 Å². The molecular weight excluding hydrogens is 318 g/mol. The van der Waals surface area contributed by atoms with Crippen molar-refractivity contribution in [3.63, 3.8) is 0 Å². The van der Waals surface area contributed by atoms with Crippen LogP contribution in [0, 0.1) is 0 Å². The molecule has 0 bridgehead atoms.